The fourth-order valence-corrected chi connectivity index (χ4v) is 3.13. The van der Waals surface area contributed by atoms with Gasteiger partial charge in [0.1, 0.15) is 5.75 Å². The number of aromatic hydroxyl groups is 1. The highest BCUT2D eigenvalue weighted by Gasteiger charge is 2.26. The molecule has 1 saturated carbocycles. The van der Waals surface area contributed by atoms with E-state index >= 15 is 0 Å². The van der Waals surface area contributed by atoms with Crippen molar-refractivity contribution >= 4 is 5.97 Å². The van der Waals surface area contributed by atoms with Crippen molar-refractivity contribution in [3.05, 3.63) is 29.8 Å². The van der Waals surface area contributed by atoms with E-state index in [-0.39, 0.29) is 5.92 Å². The highest BCUT2D eigenvalue weighted by atomic mass is 16.4. The number of phenolic OH excluding ortho intramolecular Hbond substituents is 1. The molecule has 1 aliphatic carbocycles. The Morgan fingerprint density at radius 2 is 1.86 bits per heavy atom. The van der Waals surface area contributed by atoms with E-state index in [2.05, 4.69) is 12.2 Å². The lowest BCUT2D eigenvalue weighted by Crippen LogP contribution is -2.31. The van der Waals surface area contributed by atoms with Crippen LogP contribution in [0.4, 0.5) is 0 Å². The first-order chi connectivity index (χ1) is 10.1. The minimum absolute atomic E-state index is 0.139. The number of hydrogen-bond acceptors (Lipinski definition) is 3. The summed E-state index contributed by atoms with van der Waals surface area (Å²) >= 11 is 0. The van der Waals surface area contributed by atoms with Crippen molar-refractivity contribution in [2.45, 2.75) is 45.1 Å². The third kappa shape index (κ3) is 4.46. The molecular formula is C17H25NO3. The van der Waals surface area contributed by atoms with Crippen LogP contribution >= 0.6 is 0 Å². The Balaban J connectivity index is 1.81. The molecule has 0 spiro atoms. The summed E-state index contributed by atoms with van der Waals surface area (Å²) in [4.78, 5) is 10.9. The largest absolute Gasteiger partial charge is 0.508 e. The molecule has 2 rings (SSSR count). The fourth-order valence-electron chi connectivity index (χ4n) is 3.13. The summed E-state index contributed by atoms with van der Waals surface area (Å²) in [5, 5.41) is 22.0. The molecule has 0 saturated heterocycles. The van der Waals surface area contributed by atoms with Gasteiger partial charge in [-0.05, 0) is 62.3 Å². The van der Waals surface area contributed by atoms with Gasteiger partial charge >= 0.3 is 5.97 Å². The standard InChI is InChI=1S/C17H25NO3/c1-2-16(13-7-9-15(19)10-8-13)18-11-12-3-5-14(6-4-12)17(20)21/h7-10,12,14,16,18-19H,2-6,11H2,1H3,(H,20,21). The number of rotatable bonds is 6. The van der Waals surface area contributed by atoms with Crippen LogP contribution in [0.25, 0.3) is 0 Å². The molecule has 1 aliphatic rings. The van der Waals surface area contributed by atoms with Gasteiger partial charge in [0.2, 0.25) is 0 Å². The molecule has 21 heavy (non-hydrogen) atoms. The summed E-state index contributed by atoms with van der Waals surface area (Å²) in [7, 11) is 0. The van der Waals surface area contributed by atoms with Crippen molar-refractivity contribution in [2.24, 2.45) is 11.8 Å². The van der Waals surface area contributed by atoms with Crippen LogP contribution in [-0.2, 0) is 4.79 Å². The van der Waals surface area contributed by atoms with E-state index in [4.69, 9.17) is 5.11 Å². The van der Waals surface area contributed by atoms with Gasteiger partial charge in [0.05, 0.1) is 5.92 Å². The first kappa shape index (κ1) is 15.8. The Hall–Kier alpha value is -1.55. The number of phenols is 1. The Labute approximate surface area is 126 Å². The summed E-state index contributed by atoms with van der Waals surface area (Å²) in [6.45, 7) is 3.08. The highest BCUT2D eigenvalue weighted by Crippen LogP contribution is 2.29. The van der Waals surface area contributed by atoms with E-state index < -0.39 is 5.97 Å². The molecule has 1 atom stereocenters. The van der Waals surface area contributed by atoms with Crippen LogP contribution in [0.2, 0.25) is 0 Å². The highest BCUT2D eigenvalue weighted by molar-refractivity contribution is 5.69. The summed E-state index contributed by atoms with van der Waals surface area (Å²) in [6, 6.07) is 7.65. The molecule has 0 heterocycles. The van der Waals surface area contributed by atoms with Gasteiger partial charge in [-0.1, -0.05) is 19.1 Å². The third-order valence-electron chi connectivity index (χ3n) is 4.55. The van der Waals surface area contributed by atoms with Crippen LogP contribution in [0.15, 0.2) is 24.3 Å². The Morgan fingerprint density at radius 1 is 1.24 bits per heavy atom. The van der Waals surface area contributed by atoms with E-state index in [1.54, 1.807) is 12.1 Å². The predicted molar refractivity (Wildman–Crippen MR) is 82.2 cm³/mol. The van der Waals surface area contributed by atoms with Gasteiger partial charge < -0.3 is 15.5 Å². The number of nitrogens with one attached hydrogen (secondary N) is 1. The third-order valence-corrected chi connectivity index (χ3v) is 4.55. The average molecular weight is 291 g/mol. The lowest BCUT2D eigenvalue weighted by atomic mass is 9.82. The molecule has 1 unspecified atom stereocenters. The first-order valence-corrected chi connectivity index (χ1v) is 7.85. The molecule has 0 aromatic heterocycles. The molecule has 0 bridgehead atoms. The Morgan fingerprint density at radius 3 is 2.38 bits per heavy atom. The van der Waals surface area contributed by atoms with Crippen LogP contribution in [0.1, 0.15) is 50.6 Å². The number of aliphatic carboxylic acids is 1. The van der Waals surface area contributed by atoms with Crippen molar-refractivity contribution in [1.29, 1.82) is 0 Å². The van der Waals surface area contributed by atoms with Crippen molar-refractivity contribution in [3.63, 3.8) is 0 Å². The maximum absolute atomic E-state index is 10.9. The van der Waals surface area contributed by atoms with E-state index in [9.17, 15) is 9.90 Å². The monoisotopic (exact) mass is 291 g/mol. The van der Waals surface area contributed by atoms with Crippen LogP contribution in [0.5, 0.6) is 5.75 Å². The number of hydrogen-bond donors (Lipinski definition) is 3. The molecule has 1 fully saturated rings. The number of carboxylic acid groups (broad SMARTS) is 1. The summed E-state index contributed by atoms with van der Waals surface area (Å²) in [5.41, 5.74) is 1.19. The van der Waals surface area contributed by atoms with Gasteiger partial charge in [-0.3, -0.25) is 4.79 Å². The molecule has 1 aromatic rings. The van der Waals surface area contributed by atoms with Crippen molar-refractivity contribution in [3.8, 4) is 5.75 Å². The minimum atomic E-state index is -0.642. The van der Waals surface area contributed by atoms with Crippen LogP contribution in [-0.4, -0.2) is 22.7 Å². The first-order valence-electron chi connectivity index (χ1n) is 7.85. The van der Waals surface area contributed by atoms with Gasteiger partial charge in [0.25, 0.3) is 0 Å². The van der Waals surface area contributed by atoms with Crippen LogP contribution in [0, 0.1) is 11.8 Å². The van der Waals surface area contributed by atoms with E-state index in [0.717, 1.165) is 38.6 Å². The predicted octanol–water partition coefficient (Wildman–Crippen LogP) is 3.32. The molecule has 116 valence electrons. The quantitative estimate of drug-likeness (QED) is 0.752. The average Bonchev–Trinajstić information content (AvgIpc) is 2.50. The smallest absolute Gasteiger partial charge is 0.306 e. The van der Waals surface area contributed by atoms with Crippen molar-refractivity contribution in [2.75, 3.05) is 6.54 Å². The van der Waals surface area contributed by atoms with E-state index in [0.29, 0.717) is 17.7 Å². The number of benzene rings is 1. The summed E-state index contributed by atoms with van der Waals surface area (Å²) in [6.07, 6.45) is 4.59. The molecule has 4 heteroatoms. The lowest BCUT2D eigenvalue weighted by molar-refractivity contribution is -0.143. The summed E-state index contributed by atoms with van der Waals surface area (Å²) in [5.74, 6) is 0.0876. The zero-order chi connectivity index (χ0) is 15.2. The van der Waals surface area contributed by atoms with Gasteiger partial charge in [-0.15, -0.1) is 0 Å². The van der Waals surface area contributed by atoms with E-state index in [1.165, 1.54) is 5.56 Å². The molecule has 3 N–H and O–H groups in total. The molecule has 4 nitrogen and oxygen atoms in total. The van der Waals surface area contributed by atoms with Gasteiger partial charge in [-0.2, -0.15) is 0 Å². The lowest BCUT2D eigenvalue weighted by Gasteiger charge is -2.28. The molecule has 0 radical (unpaired) electrons. The number of carbonyl (C=O) groups is 1. The molecule has 0 amide bonds. The van der Waals surface area contributed by atoms with Gasteiger partial charge in [-0.25, -0.2) is 0 Å². The normalized spacial score (nSPS) is 23.7. The second-order valence-electron chi connectivity index (χ2n) is 6.02. The molecule has 0 aliphatic heterocycles. The second-order valence-corrected chi connectivity index (χ2v) is 6.02. The number of carboxylic acids is 1. The van der Waals surface area contributed by atoms with Crippen molar-refractivity contribution in [1.82, 2.24) is 5.32 Å². The fraction of sp³-hybridized carbons (Fsp3) is 0.588. The molecule has 1 aromatic carbocycles. The minimum Gasteiger partial charge on any atom is -0.508 e. The Kier molecular flexibility index (Phi) is 5.62. The van der Waals surface area contributed by atoms with Crippen LogP contribution < -0.4 is 5.32 Å². The van der Waals surface area contributed by atoms with Gasteiger partial charge in [0.15, 0.2) is 0 Å². The van der Waals surface area contributed by atoms with Crippen LogP contribution in [0.3, 0.4) is 0 Å². The maximum atomic E-state index is 10.9. The van der Waals surface area contributed by atoms with E-state index in [1.807, 2.05) is 12.1 Å². The molecular weight excluding hydrogens is 266 g/mol. The van der Waals surface area contributed by atoms with Crippen molar-refractivity contribution < 1.29 is 15.0 Å². The van der Waals surface area contributed by atoms with Gasteiger partial charge in [0, 0.05) is 6.04 Å². The second kappa shape index (κ2) is 7.46. The zero-order valence-electron chi connectivity index (χ0n) is 12.6. The maximum Gasteiger partial charge on any atom is 0.306 e. The topological polar surface area (TPSA) is 69.6 Å². The summed E-state index contributed by atoms with van der Waals surface area (Å²) < 4.78 is 0. The SMILES string of the molecule is CCC(NCC1CCC(C(=O)O)CC1)c1ccc(O)cc1. The Bertz CT molecular complexity index is 450. The zero-order valence-corrected chi connectivity index (χ0v) is 12.6.